The number of rotatable bonds is 6. The molecule has 0 fully saturated rings. The number of guanidine groups is 1. The topological polar surface area (TPSA) is 84.0 Å². The molecule has 0 radical (unpaired) electrons. The lowest BCUT2D eigenvalue weighted by atomic mass is 9.91. The van der Waals surface area contributed by atoms with Gasteiger partial charge in [-0.2, -0.15) is 0 Å². The van der Waals surface area contributed by atoms with E-state index in [0.29, 0.717) is 50.8 Å². The van der Waals surface area contributed by atoms with Gasteiger partial charge in [0, 0.05) is 36.7 Å². The minimum absolute atomic E-state index is 0.0108. The molecule has 0 aromatic heterocycles. The highest BCUT2D eigenvalue weighted by Crippen LogP contribution is 2.32. The highest BCUT2D eigenvalue weighted by Gasteiger charge is 2.24. The molecular weight excluding hydrogens is 399 g/mol. The Morgan fingerprint density at radius 2 is 2.16 bits per heavy atom. The number of ether oxygens (including phenoxy) is 2. The van der Waals surface area contributed by atoms with E-state index in [1.807, 2.05) is 31.2 Å². The van der Waals surface area contributed by atoms with E-state index in [-0.39, 0.29) is 24.4 Å². The van der Waals surface area contributed by atoms with Crippen molar-refractivity contribution in [3.63, 3.8) is 0 Å². The lowest BCUT2D eigenvalue weighted by molar-refractivity contribution is -0.116. The number of carbonyl (C=O) groups excluding carboxylic acids is 1. The van der Waals surface area contributed by atoms with Crippen LogP contribution >= 0.6 is 0 Å². The molecule has 2 heterocycles. The summed E-state index contributed by atoms with van der Waals surface area (Å²) in [6.45, 7) is 4.30. The molecule has 2 aliphatic heterocycles. The van der Waals surface area contributed by atoms with Crippen molar-refractivity contribution in [1.29, 1.82) is 0 Å². The molecule has 164 valence electrons. The fraction of sp³-hybridized carbons (Fsp3) is 0.391. The van der Waals surface area contributed by atoms with Gasteiger partial charge in [-0.3, -0.25) is 9.79 Å². The monoisotopic (exact) mass is 426 g/mol. The van der Waals surface area contributed by atoms with Crippen LogP contribution in [-0.2, 0) is 22.6 Å². The summed E-state index contributed by atoms with van der Waals surface area (Å²) in [5.74, 6) is 1.13. The molecule has 1 unspecified atom stereocenters. The van der Waals surface area contributed by atoms with Crippen LogP contribution in [0.4, 0.5) is 10.1 Å². The fourth-order valence-electron chi connectivity index (χ4n) is 3.97. The van der Waals surface area contributed by atoms with Gasteiger partial charge in [-0.15, -0.1) is 0 Å². The van der Waals surface area contributed by atoms with Gasteiger partial charge in [-0.25, -0.2) is 4.39 Å². The SMILES string of the molecule is CCNC(=NCC1CC(=O)Nc2ccccc21)NCCc1cc(F)cc2c1OCOC2. The predicted molar refractivity (Wildman–Crippen MR) is 117 cm³/mol. The largest absolute Gasteiger partial charge is 0.467 e. The van der Waals surface area contributed by atoms with Crippen LogP contribution < -0.4 is 20.7 Å². The Labute approximate surface area is 181 Å². The van der Waals surface area contributed by atoms with Gasteiger partial charge in [-0.1, -0.05) is 18.2 Å². The van der Waals surface area contributed by atoms with Crippen LogP contribution in [0.2, 0.25) is 0 Å². The van der Waals surface area contributed by atoms with Crippen molar-refractivity contribution in [2.75, 3.05) is 31.7 Å². The molecule has 8 heteroatoms. The molecule has 31 heavy (non-hydrogen) atoms. The number of benzene rings is 2. The van der Waals surface area contributed by atoms with Crippen molar-refractivity contribution in [2.24, 2.45) is 4.99 Å². The first kappa shape index (κ1) is 21.1. The van der Waals surface area contributed by atoms with Crippen LogP contribution in [0.5, 0.6) is 5.75 Å². The van der Waals surface area contributed by atoms with E-state index >= 15 is 0 Å². The molecule has 0 saturated heterocycles. The van der Waals surface area contributed by atoms with E-state index < -0.39 is 0 Å². The first-order chi connectivity index (χ1) is 15.1. The number of para-hydroxylation sites is 1. The number of halogens is 1. The van der Waals surface area contributed by atoms with Crippen molar-refractivity contribution in [3.05, 3.63) is 58.9 Å². The predicted octanol–water partition coefficient (Wildman–Crippen LogP) is 2.92. The summed E-state index contributed by atoms with van der Waals surface area (Å²) >= 11 is 0. The van der Waals surface area contributed by atoms with E-state index in [4.69, 9.17) is 14.5 Å². The molecule has 1 atom stereocenters. The number of aliphatic imine (C=N–C) groups is 1. The fourth-order valence-corrected chi connectivity index (χ4v) is 3.97. The Kier molecular flexibility index (Phi) is 6.66. The van der Waals surface area contributed by atoms with Crippen LogP contribution in [0.3, 0.4) is 0 Å². The number of anilines is 1. The maximum atomic E-state index is 13.9. The summed E-state index contributed by atoms with van der Waals surface area (Å²) in [6.07, 6.45) is 0.994. The summed E-state index contributed by atoms with van der Waals surface area (Å²) in [5, 5.41) is 9.44. The molecule has 3 N–H and O–H groups in total. The van der Waals surface area contributed by atoms with E-state index in [1.165, 1.54) is 12.1 Å². The summed E-state index contributed by atoms with van der Waals surface area (Å²) in [7, 11) is 0. The average Bonchev–Trinajstić information content (AvgIpc) is 2.77. The van der Waals surface area contributed by atoms with Crippen molar-refractivity contribution >= 4 is 17.6 Å². The van der Waals surface area contributed by atoms with Gasteiger partial charge in [0.05, 0.1) is 13.2 Å². The number of amides is 1. The molecule has 4 rings (SSSR count). The minimum atomic E-state index is -0.294. The Hall–Kier alpha value is -3.13. The lowest BCUT2D eigenvalue weighted by Gasteiger charge is -2.24. The Balaban J connectivity index is 1.41. The second-order valence-electron chi connectivity index (χ2n) is 7.60. The molecule has 2 aromatic carbocycles. The van der Waals surface area contributed by atoms with Gasteiger partial charge in [0.15, 0.2) is 12.8 Å². The second-order valence-corrected chi connectivity index (χ2v) is 7.60. The van der Waals surface area contributed by atoms with E-state index in [0.717, 1.165) is 22.4 Å². The molecule has 7 nitrogen and oxygen atoms in total. The average molecular weight is 426 g/mol. The third-order valence-corrected chi connectivity index (χ3v) is 5.36. The Bertz CT molecular complexity index is 979. The standard InChI is InChI=1S/C23H27FN4O3/c1-2-25-23(27-12-16-11-21(29)28-20-6-4-3-5-19(16)20)26-8-7-15-9-18(24)10-17-13-30-14-31-22(15)17/h3-6,9-10,16H,2,7-8,11-14H2,1H3,(H,28,29)(H2,25,26,27). The summed E-state index contributed by atoms with van der Waals surface area (Å²) < 4.78 is 24.8. The molecular formula is C23H27FN4O3. The smallest absolute Gasteiger partial charge is 0.225 e. The lowest BCUT2D eigenvalue weighted by Crippen LogP contribution is -2.39. The van der Waals surface area contributed by atoms with E-state index in [1.54, 1.807) is 0 Å². The third kappa shape index (κ3) is 5.14. The molecule has 1 amide bonds. The van der Waals surface area contributed by atoms with Crippen LogP contribution in [0, 0.1) is 5.82 Å². The number of hydrogen-bond acceptors (Lipinski definition) is 4. The maximum absolute atomic E-state index is 13.9. The van der Waals surface area contributed by atoms with Gasteiger partial charge in [-0.05, 0) is 42.7 Å². The zero-order valence-corrected chi connectivity index (χ0v) is 17.5. The first-order valence-electron chi connectivity index (χ1n) is 10.6. The number of nitrogens with one attached hydrogen (secondary N) is 3. The van der Waals surface area contributed by atoms with Crippen molar-refractivity contribution in [2.45, 2.75) is 32.3 Å². The molecule has 0 bridgehead atoms. The van der Waals surface area contributed by atoms with Gasteiger partial charge in [0.2, 0.25) is 5.91 Å². The molecule has 0 saturated carbocycles. The van der Waals surface area contributed by atoms with Crippen LogP contribution in [0.25, 0.3) is 0 Å². The van der Waals surface area contributed by atoms with Crippen molar-refractivity contribution < 1.29 is 18.7 Å². The van der Waals surface area contributed by atoms with Gasteiger partial charge in [0.25, 0.3) is 0 Å². The van der Waals surface area contributed by atoms with Crippen molar-refractivity contribution in [1.82, 2.24) is 10.6 Å². The van der Waals surface area contributed by atoms with E-state index in [2.05, 4.69) is 16.0 Å². The highest BCUT2D eigenvalue weighted by atomic mass is 19.1. The first-order valence-corrected chi connectivity index (χ1v) is 10.6. The summed E-state index contributed by atoms with van der Waals surface area (Å²) in [4.78, 5) is 16.7. The number of carbonyl (C=O) groups is 1. The molecule has 2 aliphatic rings. The second kappa shape index (κ2) is 9.78. The molecule has 0 aliphatic carbocycles. The van der Waals surface area contributed by atoms with Crippen LogP contribution in [0.15, 0.2) is 41.4 Å². The zero-order chi connectivity index (χ0) is 21.6. The number of fused-ring (bicyclic) bond motifs is 2. The quantitative estimate of drug-likeness (QED) is 0.489. The Morgan fingerprint density at radius 3 is 3.03 bits per heavy atom. The van der Waals surface area contributed by atoms with Crippen molar-refractivity contribution in [3.8, 4) is 5.75 Å². The number of nitrogens with zero attached hydrogens (tertiary/aromatic N) is 1. The van der Waals surface area contributed by atoms with E-state index in [9.17, 15) is 9.18 Å². The highest BCUT2D eigenvalue weighted by molar-refractivity contribution is 5.94. The molecule has 0 spiro atoms. The van der Waals surface area contributed by atoms with Crippen LogP contribution in [0.1, 0.15) is 36.0 Å². The van der Waals surface area contributed by atoms with Gasteiger partial charge in [0.1, 0.15) is 11.6 Å². The number of hydrogen-bond donors (Lipinski definition) is 3. The van der Waals surface area contributed by atoms with Gasteiger partial charge < -0.3 is 25.4 Å². The summed E-state index contributed by atoms with van der Waals surface area (Å²) in [5.41, 5.74) is 3.50. The minimum Gasteiger partial charge on any atom is -0.467 e. The zero-order valence-electron chi connectivity index (χ0n) is 17.5. The normalized spacial score (nSPS) is 17.8. The Morgan fingerprint density at radius 1 is 1.29 bits per heavy atom. The maximum Gasteiger partial charge on any atom is 0.225 e. The third-order valence-electron chi connectivity index (χ3n) is 5.36. The van der Waals surface area contributed by atoms with Crippen LogP contribution in [-0.4, -0.2) is 38.3 Å². The molecule has 2 aromatic rings. The summed E-state index contributed by atoms with van der Waals surface area (Å²) in [6, 6.07) is 10.8. The van der Waals surface area contributed by atoms with Gasteiger partial charge >= 0.3 is 0 Å².